The lowest BCUT2D eigenvalue weighted by Crippen LogP contribution is -2.50. The molecule has 1 atom stereocenters. The van der Waals surface area contributed by atoms with E-state index in [1.54, 1.807) is 29.2 Å². The number of cyclic esters (lactones) is 1. The van der Waals surface area contributed by atoms with Gasteiger partial charge in [0.25, 0.3) is 5.91 Å². The number of hydrogen-bond acceptors (Lipinski definition) is 9. The van der Waals surface area contributed by atoms with Crippen LogP contribution in [0.4, 0.5) is 20.6 Å². The van der Waals surface area contributed by atoms with Crippen molar-refractivity contribution in [2.45, 2.75) is 26.0 Å². The van der Waals surface area contributed by atoms with Gasteiger partial charge in [-0.15, -0.1) is 0 Å². The molecular formula is C31H38FN5O6S. The van der Waals surface area contributed by atoms with Gasteiger partial charge in [-0.3, -0.25) is 14.6 Å². The zero-order valence-electron chi connectivity index (χ0n) is 24.8. The van der Waals surface area contributed by atoms with E-state index in [4.69, 9.17) is 26.4 Å². The highest BCUT2D eigenvalue weighted by Gasteiger charge is 2.33. The van der Waals surface area contributed by atoms with Crippen LogP contribution >= 0.6 is 12.2 Å². The van der Waals surface area contributed by atoms with E-state index in [1.807, 2.05) is 24.0 Å². The van der Waals surface area contributed by atoms with E-state index in [-0.39, 0.29) is 18.6 Å². The second-order valence-corrected chi connectivity index (χ2v) is 11.4. The van der Waals surface area contributed by atoms with Crippen molar-refractivity contribution < 1.29 is 33.0 Å². The lowest BCUT2D eigenvalue weighted by atomic mass is 10.1. The van der Waals surface area contributed by atoms with E-state index in [1.165, 1.54) is 11.0 Å². The third kappa shape index (κ3) is 8.01. The Labute approximate surface area is 261 Å². The first-order valence-electron chi connectivity index (χ1n) is 14.9. The minimum absolute atomic E-state index is 0.294. The number of hydrogen-bond donors (Lipinski definition) is 1. The van der Waals surface area contributed by atoms with Crippen LogP contribution in [0, 0.1) is 5.82 Å². The number of ether oxygens (including phenoxy) is 3. The lowest BCUT2D eigenvalue weighted by molar-refractivity contribution is -0.134. The van der Waals surface area contributed by atoms with E-state index >= 15 is 4.39 Å². The fourth-order valence-corrected chi connectivity index (χ4v) is 5.46. The number of morpholine rings is 1. The molecule has 0 aliphatic carbocycles. The molecule has 0 unspecified atom stereocenters. The van der Waals surface area contributed by atoms with Crippen LogP contribution in [-0.2, 0) is 25.5 Å². The molecule has 5 rings (SSSR count). The predicted octanol–water partition coefficient (Wildman–Crippen LogP) is 2.82. The number of rotatable bonds is 10. The molecule has 0 aromatic heterocycles. The maximum atomic E-state index is 15.2. The van der Waals surface area contributed by atoms with Crippen LogP contribution in [0.5, 0.6) is 0 Å². The highest BCUT2D eigenvalue weighted by molar-refractivity contribution is 7.80. The van der Waals surface area contributed by atoms with Gasteiger partial charge in [0, 0.05) is 45.8 Å². The summed E-state index contributed by atoms with van der Waals surface area (Å²) in [6.07, 6.45) is -0.209. The first kappa shape index (κ1) is 31.6. The van der Waals surface area contributed by atoms with Crippen LogP contribution in [0.3, 0.4) is 0 Å². The first-order valence-corrected chi connectivity index (χ1v) is 15.3. The summed E-state index contributed by atoms with van der Waals surface area (Å²) in [7, 11) is 0. The van der Waals surface area contributed by atoms with Gasteiger partial charge in [0.05, 0.1) is 48.2 Å². The maximum absolute atomic E-state index is 15.2. The number of halogens is 1. The van der Waals surface area contributed by atoms with Gasteiger partial charge in [0.15, 0.2) is 6.61 Å². The molecular weight excluding hydrogens is 589 g/mol. The van der Waals surface area contributed by atoms with Gasteiger partial charge in [0.1, 0.15) is 11.9 Å². The molecule has 3 fully saturated rings. The molecule has 236 valence electrons. The quantitative estimate of drug-likeness (QED) is 0.313. The summed E-state index contributed by atoms with van der Waals surface area (Å²) in [5, 5.41) is 3.07. The number of carbonyl (C=O) groups is 3. The normalized spacial score (nSPS) is 19.1. The van der Waals surface area contributed by atoms with E-state index in [0.717, 1.165) is 38.4 Å². The van der Waals surface area contributed by atoms with Gasteiger partial charge in [-0.1, -0.05) is 31.3 Å². The first-order chi connectivity index (χ1) is 21.3. The van der Waals surface area contributed by atoms with Crippen molar-refractivity contribution in [2.24, 2.45) is 0 Å². The minimum atomic E-state index is -0.550. The molecule has 0 spiro atoms. The highest BCUT2D eigenvalue weighted by Crippen LogP contribution is 2.28. The number of nitrogens with zero attached hydrogens (tertiary/aromatic N) is 4. The number of esters is 1. The van der Waals surface area contributed by atoms with Crippen molar-refractivity contribution in [3.05, 3.63) is 59.4 Å². The van der Waals surface area contributed by atoms with E-state index < -0.39 is 17.9 Å². The topological polar surface area (TPSA) is 104 Å². The van der Waals surface area contributed by atoms with E-state index in [0.29, 0.717) is 67.6 Å². The molecule has 44 heavy (non-hydrogen) atoms. The molecule has 3 aliphatic heterocycles. The number of carbonyl (C=O) groups excluding carboxylic acids is 3. The molecule has 1 N–H and O–H groups in total. The molecule has 2 aromatic rings. The third-order valence-corrected chi connectivity index (χ3v) is 8.40. The van der Waals surface area contributed by atoms with Gasteiger partial charge in [-0.2, -0.15) is 0 Å². The van der Waals surface area contributed by atoms with Crippen molar-refractivity contribution >= 4 is 46.6 Å². The second-order valence-electron chi connectivity index (χ2n) is 10.9. The number of benzene rings is 2. The van der Waals surface area contributed by atoms with Crippen LogP contribution in [0.1, 0.15) is 29.3 Å². The largest absolute Gasteiger partial charge is 0.452 e. The Kier molecular flexibility index (Phi) is 10.6. The SMILES string of the molecule is CCC(=S)NC[C@H]1CN(c2ccc(N3CCN(C(=O)COC(=O)c4ccc(CN5CCOCC5)cc4)CC3)c(F)c2)C(=O)O1. The van der Waals surface area contributed by atoms with Crippen LogP contribution in [0.15, 0.2) is 42.5 Å². The summed E-state index contributed by atoms with van der Waals surface area (Å²) in [6, 6.07) is 11.9. The number of piperazine rings is 1. The number of nitrogens with one attached hydrogen (secondary N) is 1. The van der Waals surface area contributed by atoms with Crippen LogP contribution < -0.4 is 15.1 Å². The lowest BCUT2D eigenvalue weighted by Gasteiger charge is -2.36. The van der Waals surface area contributed by atoms with Crippen molar-refractivity contribution in [1.29, 1.82) is 0 Å². The van der Waals surface area contributed by atoms with Crippen LogP contribution in [0.2, 0.25) is 0 Å². The zero-order chi connectivity index (χ0) is 31.1. The van der Waals surface area contributed by atoms with Crippen LogP contribution in [0.25, 0.3) is 0 Å². The molecule has 3 heterocycles. The number of thiocarbonyl (C=S) groups is 1. The molecule has 0 bridgehead atoms. The smallest absolute Gasteiger partial charge is 0.414 e. The Morgan fingerprint density at radius 1 is 1.05 bits per heavy atom. The molecule has 11 nitrogen and oxygen atoms in total. The Hall–Kier alpha value is -3.81. The molecule has 13 heteroatoms. The van der Waals surface area contributed by atoms with Crippen molar-refractivity contribution in [1.82, 2.24) is 15.1 Å². The minimum Gasteiger partial charge on any atom is -0.452 e. The number of anilines is 2. The highest BCUT2D eigenvalue weighted by atomic mass is 32.1. The van der Waals surface area contributed by atoms with Gasteiger partial charge >= 0.3 is 12.1 Å². The standard InChI is InChI=1S/C31H38FN5O6S/c1-2-28(44)33-18-25-20-37(31(40)43-25)24-7-8-27(26(32)17-24)35-9-11-36(12-10-35)29(38)21-42-30(39)23-5-3-22(4-6-23)19-34-13-15-41-16-14-34/h3-8,17,25H,2,9-16,18-21H2,1H3,(H,33,44)/t25-/m0/s1. The fourth-order valence-electron chi connectivity index (χ4n) is 5.37. The number of amides is 2. The summed E-state index contributed by atoms with van der Waals surface area (Å²) in [5.74, 6) is -1.31. The van der Waals surface area contributed by atoms with Crippen molar-refractivity contribution in [2.75, 3.05) is 82.0 Å². The zero-order valence-corrected chi connectivity index (χ0v) is 25.7. The van der Waals surface area contributed by atoms with Crippen molar-refractivity contribution in [3.63, 3.8) is 0 Å². The average Bonchev–Trinajstić information content (AvgIpc) is 3.43. The Morgan fingerprint density at radius 3 is 2.45 bits per heavy atom. The van der Waals surface area contributed by atoms with Crippen molar-refractivity contribution in [3.8, 4) is 0 Å². The van der Waals surface area contributed by atoms with E-state index in [2.05, 4.69) is 10.2 Å². The average molecular weight is 628 g/mol. The summed E-state index contributed by atoms with van der Waals surface area (Å²) in [4.78, 5) is 45.5. The molecule has 3 aliphatic rings. The summed E-state index contributed by atoms with van der Waals surface area (Å²) in [5.41, 5.74) is 2.29. The van der Waals surface area contributed by atoms with Gasteiger partial charge in [-0.25, -0.2) is 14.0 Å². The third-order valence-electron chi connectivity index (χ3n) is 7.96. The molecule has 0 radical (unpaired) electrons. The van der Waals surface area contributed by atoms with Crippen LogP contribution in [-0.4, -0.2) is 111 Å². The summed E-state index contributed by atoms with van der Waals surface area (Å²) >= 11 is 5.16. The second kappa shape index (κ2) is 14.8. The maximum Gasteiger partial charge on any atom is 0.414 e. The Balaban J connectivity index is 1.06. The monoisotopic (exact) mass is 627 g/mol. The van der Waals surface area contributed by atoms with Gasteiger partial charge < -0.3 is 29.3 Å². The fraction of sp³-hybridized carbons (Fsp3) is 0.484. The Morgan fingerprint density at radius 2 is 1.77 bits per heavy atom. The molecule has 2 amide bonds. The van der Waals surface area contributed by atoms with E-state index in [9.17, 15) is 14.4 Å². The summed E-state index contributed by atoms with van der Waals surface area (Å²) in [6.45, 7) is 7.84. The molecule has 2 aromatic carbocycles. The molecule has 3 saturated heterocycles. The predicted molar refractivity (Wildman–Crippen MR) is 167 cm³/mol. The molecule has 0 saturated carbocycles. The van der Waals surface area contributed by atoms with Gasteiger partial charge in [-0.05, 0) is 42.3 Å². The Bertz CT molecular complexity index is 1350. The summed E-state index contributed by atoms with van der Waals surface area (Å²) < 4.78 is 31.2. The van der Waals surface area contributed by atoms with Gasteiger partial charge in [0.2, 0.25) is 0 Å².